The van der Waals surface area contributed by atoms with Crippen LogP contribution in [0.15, 0.2) is 48.5 Å². The molecule has 0 aliphatic heterocycles. The first-order chi connectivity index (χ1) is 9.60. The molecule has 0 aliphatic carbocycles. The van der Waals surface area contributed by atoms with E-state index >= 15 is 0 Å². The zero-order chi connectivity index (χ0) is 14.5. The summed E-state index contributed by atoms with van der Waals surface area (Å²) in [7, 11) is 0. The second kappa shape index (κ2) is 6.67. The number of thiocarbonyl (C=S) groups is 1. The van der Waals surface area contributed by atoms with Gasteiger partial charge in [-0.25, -0.2) is 0 Å². The zero-order valence-corrected chi connectivity index (χ0v) is 13.1. The average Bonchev–Trinajstić information content (AvgIpc) is 2.46. The first-order valence-corrected chi connectivity index (χ1v) is 7.45. The van der Waals surface area contributed by atoms with Gasteiger partial charge < -0.3 is 5.32 Å². The third kappa shape index (κ3) is 3.67. The van der Waals surface area contributed by atoms with Crippen LogP contribution >= 0.6 is 12.2 Å². The molecule has 0 bridgehead atoms. The number of nitrogens with one attached hydrogen (secondary N) is 1. The van der Waals surface area contributed by atoms with Crippen LogP contribution in [-0.4, -0.2) is 4.99 Å². The van der Waals surface area contributed by atoms with Gasteiger partial charge in [-0.2, -0.15) is 0 Å². The quantitative estimate of drug-likeness (QED) is 0.815. The van der Waals surface area contributed by atoms with E-state index in [4.69, 9.17) is 12.2 Å². The van der Waals surface area contributed by atoms with Crippen LogP contribution in [0.25, 0.3) is 0 Å². The minimum atomic E-state index is 0.268. The lowest BCUT2D eigenvalue weighted by Crippen LogP contribution is -2.27. The Morgan fingerprint density at radius 2 is 1.45 bits per heavy atom. The van der Waals surface area contributed by atoms with Crippen molar-refractivity contribution in [1.82, 2.24) is 5.32 Å². The Kier molecular flexibility index (Phi) is 4.91. The van der Waals surface area contributed by atoms with E-state index < -0.39 is 0 Å². The minimum Gasteiger partial charge on any atom is -0.369 e. The Morgan fingerprint density at radius 3 is 1.95 bits per heavy atom. The summed E-state index contributed by atoms with van der Waals surface area (Å²) in [5.74, 6) is 0. The Balaban J connectivity index is 2.11. The van der Waals surface area contributed by atoms with Crippen LogP contribution in [-0.2, 0) is 0 Å². The Morgan fingerprint density at radius 1 is 0.950 bits per heavy atom. The van der Waals surface area contributed by atoms with Crippen molar-refractivity contribution in [3.63, 3.8) is 0 Å². The van der Waals surface area contributed by atoms with E-state index in [1.54, 1.807) is 0 Å². The summed E-state index contributed by atoms with van der Waals surface area (Å²) in [6.45, 7) is 6.37. The summed E-state index contributed by atoms with van der Waals surface area (Å²) >= 11 is 5.52. The van der Waals surface area contributed by atoms with Gasteiger partial charge in [-0.3, -0.25) is 0 Å². The maximum absolute atomic E-state index is 5.52. The SMILES string of the molecule is CCC(NC(=S)c1ccc(C)cc1)c1ccc(C)cc1. The van der Waals surface area contributed by atoms with Gasteiger partial charge >= 0.3 is 0 Å². The fourth-order valence-electron chi connectivity index (χ4n) is 2.17. The molecule has 2 rings (SSSR count). The number of hydrogen-bond donors (Lipinski definition) is 1. The van der Waals surface area contributed by atoms with Gasteiger partial charge in [0.1, 0.15) is 4.99 Å². The molecule has 20 heavy (non-hydrogen) atoms. The van der Waals surface area contributed by atoms with E-state index in [1.165, 1.54) is 16.7 Å². The monoisotopic (exact) mass is 283 g/mol. The number of aryl methyl sites for hydroxylation is 2. The van der Waals surface area contributed by atoms with Crippen molar-refractivity contribution >= 4 is 17.2 Å². The second-order valence-electron chi connectivity index (χ2n) is 5.21. The lowest BCUT2D eigenvalue weighted by atomic mass is 10.0. The third-order valence-electron chi connectivity index (χ3n) is 3.51. The molecule has 0 saturated carbocycles. The first kappa shape index (κ1) is 14.7. The summed E-state index contributed by atoms with van der Waals surface area (Å²) in [6, 6.07) is 17.3. The molecule has 1 unspecified atom stereocenters. The molecular weight excluding hydrogens is 262 g/mol. The van der Waals surface area contributed by atoms with E-state index in [-0.39, 0.29) is 6.04 Å². The second-order valence-corrected chi connectivity index (χ2v) is 5.62. The smallest absolute Gasteiger partial charge is 0.107 e. The molecule has 104 valence electrons. The minimum absolute atomic E-state index is 0.268. The third-order valence-corrected chi connectivity index (χ3v) is 3.86. The summed E-state index contributed by atoms with van der Waals surface area (Å²) in [4.78, 5) is 0.817. The Bertz CT molecular complexity index is 569. The predicted molar refractivity (Wildman–Crippen MR) is 90.2 cm³/mol. The van der Waals surface area contributed by atoms with Crippen LogP contribution in [0.1, 0.15) is 41.6 Å². The van der Waals surface area contributed by atoms with Crippen LogP contribution in [0.3, 0.4) is 0 Å². The lowest BCUT2D eigenvalue weighted by Gasteiger charge is -2.19. The zero-order valence-electron chi connectivity index (χ0n) is 12.3. The van der Waals surface area contributed by atoms with Crippen molar-refractivity contribution in [3.8, 4) is 0 Å². The van der Waals surface area contributed by atoms with Crippen molar-refractivity contribution in [2.24, 2.45) is 0 Å². The molecular formula is C18H21NS. The molecule has 0 fully saturated rings. The summed E-state index contributed by atoms with van der Waals surface area (Å²) < 4.78 is 0. The number of rotatable bonds is 4. The fourth-order valence-corrected chi connectivity index (χ4v) is 2.44. The molecule has 2 heteroatoms. The maximum Gasteiger partial charge on any atom is 0.107 e. The molecule has 0 aromatic heterocycles. The van der Waals surface area contributed by atoms with E-state index in [0.29, 0.717) is 0 Å². The van der Waals surface area contributed by atoms with Gasteiger partial charge in [0.2, 0.25) is 0 Å². The van der Waals surface area contributed by atoms with E-state index in [1.807, 2.05) is 0 Å². The molecule has 1 N–H and O–H groups in total. The average molecular weight is 283 g/mol. The molecule has 0 radical (unpaired) electrons. The lowest BCUT2D eigenvalue weighted by molar-refractivity contribution is 0.630. The van der Waals surface area contributed by atoms with Gasteiger partial charge in [0.25, 0.3) is 0 Å². The van der Waals surface area contributed by atoms with Gasteiger partial charge in [0.15, 0.2) is 0 Å². The molecule has 0 aliphatic rings. The largest absolute Gasteiger partial charge is 0.369 e. The van der Waals surface area contributed by atoms with E-state index in [2.05, 4.69) is 74.6 Å². The highest BCUT2D eigenvalue weighted by Crippen LogP contribution is 2.18. The van der Waals surface area contributed by atoms with Crippen molar-refractivity contribution in [2.75, 3.05) is 0 Å². The van der Waals surface area contributed by atoms with Crippen molar-refractivity contribution in [3.05, 3.63) is 70.8 Å². The summed E-state index contributed by atoms with van der Waals surface area (Å²) in [5.41, 5.74) is 4.90. The number of hydrogen-bond acceptors (Lipinski definition) is 1. The molecule has 0 saturated heterocycles. The standard InChI is InChI=1S/C18H21NS/c1-4-17(15-9-5-13(2)6-10-15)19-18(20)16-11-7-14(3)8-12-16/h5-12,17H,4H2,1-3H3,(H,19,20). The van der Waals surface area contributed by atoms with E-state index in [9.17, 15) is 0 Å². The van der Waals surface area contributed by atoms with Crippen LogP contribution in [0.2, 0.25) is 0 Å². The van der Waals surface area contributed by atoms with Crippen LogP contribution in [0.4, 0.5) is 0 Å². The van der Waals surface area contributed by atoms with Gasteiger partial charge in [-0.15, -0.1) is 0 Å². The van der Waals surface area contributed by atoms with E-state index in [0.717, 1.165) is 17.0 Å². The molecule has 2 aromatic carbocycles. The molecule has 0 heterocycles. The maximum atomic E-state index is 5.52. The Labute approximate surface area is 127 Å². The van der Waals surface area contributed by atoms with Crippen molar-refractivity contribution in [1.29, 1.82) is 0 Å². The molecule has 0 spiro atoms. The summed E-state index contributed by atoms with van der Waals surface area (Å²) in [5, 5.41) is 3.47. The van der Waals surface area contributed by atoms with Gasteiger partial charge in [0.05, 0.1) is 6.04 Å². The fraction of sp³-hybridized carbons (Fsp3) is 0.278. The normalized spacial score (nSPS) is 11.9. The highest BCUT2D eigenvalue weighted by Gasteiger charge is 2.11. The van der Waals surface area contributed by atoms with Gasteiger partial charge in [0, 0.05) is 5.56 Å². The van der Waals surface area contributed by atoms with Gasteiger partial charge in [-0.05, 0) is 25.8 Å². The molecule has 0 amide bonds. The number of benzene rings is 2. The Hall–Kier alpha value is -1.67. The van der Waals surface area contributed by atoms with Gasteiger partial charge in [-0.1, -0.05) is 78.8 Å². The molecule has 1 nitrogen and oxygen atoms in total. The first-order valence-electron chi connectivity index (χ1n) is 7.04. The highest BCUT2D eigenvalue weighted by molar-refractivity contribution is 7.80. The molecule has 2 aromatic rings. The predicted octanol–water partition coefficient (Wildman–Crippen LogP) is 4.72. The van der Waals surface area contributed by atoms with Crippen LogP contribution < -0.4 is 5.32 Å². The highest BCUT2D eigenvalue weighted by atomic mass is 32.1. The van der Waals surface area contributed by atoms with Crippen molar-refractivity contribution in [2.45, 2.75) is 33.2 Å². The van der Waals surface area contributed by atoms with Crippen molar-refractivity contribution < 1.29 is 0 Å². The summed E-state index contributed by atoms with van der Waals surface area (Å²) in [6.07, 6.45) is 1.01. The molecule has 1 atom stereocenters. The topological polar surface area (TPSA) is 12.0 Å². The van der Waals surface area contributed by atoms with Crippen LogP contribution in [0, 0.1) is 13.8 Å². The van der Waals surface area contributed by atoms with Crippen LogP contribution in [0.5, 0.6) is 0 Å².